The van der Waals surface area contributed by atoms with Crippen molar-refractivity contribution in [3.8, 4) is 0 Å². The van der Waals surface area contributed by atoms with E-state index in [1.165, 1.54) is 15.3 Å². The van der Waals surface area contributed by atoms with Crippen LogP contribution in [0.5, 0.6) is 0 Å². The zero-order valence-corrected chi connectivity index (χ0v) is 16.9. The fourth-order valence-corrected chi connectivity index (χ4v) is 4.74. The van der Waals surface area contributed by atoms with E-state index < -0.39 is 10.0 Å². The maximum absolute atomic E-state index is 12.4. The average Bonchev–Trinajstić information content (AvgIpc) is 3.04. The van der Waals surface area contributed by atoms with Crippen LogP contribution < -0.4 is 5.32 Å². The number of nitrogens with one attached hydrogen (secondary N) is 1. The van der Waals surface area contributed by atoms with E-state index in [-0.39, 0.29) is 10.8 Å². The Morgan fingerprint density at radius 2 is 1.77 bits per heavy atom. The molecule has 5 nitrogen and oxygen atoms in total. The van der Waals surface area contributed by atoms with Crippen LogP contribution in [0.1, 0.15) is 29.2 Å². The summed E-state index contributed by atoms with van der Waals surface area (Å²) in [7, 11) is -3.46. The second-order valence-electron chi connectivity index (χ2n) is 5.72. The van der Waals surface area contributed by atoms with E-state index in [2.05, 4.69) is 5.32 Å². The molecule has 1 aromatic heterocycles. The van der Waals surface area contributed by atoms with Crippen LogP contribution in [-0.2, 0) is 21.4 Å². The normalized spacial score (nSPS) is 12.0. The number of carbonyl (C=O) groups is 1. The maximum Gasteiger partial charge on any atom is 0.244 e. The van der Waals surface area contributed by atoms with Gasteiger partial charge in [-0.15, -0.1) is 11.3 Å². The molecule has 0 fully saturated rings. The fraction of sp³-hybridized carbons (Fsp3) is 0.316. The zero-order chi connectivity index (χ0) is 19.2. The minimum atomic E-state index is -3.46. The Balaban J connectivity index is 1.97. The van der Waals surface area contributed by atoms with Crippen LogP contribution in [0.2, 0.25) is 0 Å². The summed E-state index contributed by atoms with van der Waals surface area (Å²) in [4.78, 5) is 14.5. The monoisotopic (exact) mass is 392 g/mol. The van der Waals surface area contributed by atoms with Crippen LogP contribution in [0, 0.1) is 6.92 Å². The largest absolute Gasteiger partial charge is 0.348 e. The van der Waals surface area contributed by atoms with E-state index in [0.717, 1.165) is 10.4 Å². The van der Waals surface area contributed by atoms with Gasteiger partial charge in [0.05, 0.1) is 11.4 Å². The van der Waals surface area contributed by atoms with E-state index in [0.29, 0.717) is 19.6 Å². The van der Waals surface area contributed by atoms with Gasteiger partial charge >= 0.3 is 0 Å². The van der Waals surface area contributed by atoms with Gasteiger partial charge in [0.2, 0.25) is 15.9 Å². The lowest BCUT2D eigenvalue weighted by atomic mass is 10.2. The van der Waals surface area contributed by atoms with Crippen molar-refractivity contribution >= 4 is 33.3 Å². The summed E-state index contributed by atoms with van der Waals surface area (Å²) >= 11 is 1.65. The molecule has 2 aromatic rings. The molecule has 1 aromatic carbocycles. The van der Waals surface area contributed by atoms with Crippen molar-refractivity contribution in [1.82, 2.24) is 9.62 Å². The van der Waals surface area contributed by atoms with Crippen molar-refractivity contribution in [2.75, 3.05) is 13.1 Å². The average molecular weight is 393 g/mol. The molecule has 26 heavy (non-hydrogen) atoms. The minimum Gasteiger partial charge on any atom is -0.348 e. The van der Waals surface area contributed by atoms with Crippen LogP contribution in [0.15, 0.2) is 47.4 Å². The van der Waals surface area contributed by atoms with Gasteiger partial charge in [0.1, 0.15) is 0 Å². The van der Waals surface area contributed by atoms with E-state index >= 15 is 0 Å². The topological polar surface area (TPSA) is 66.5 Å². The Hall–Kier alpha value is -1.96. The standard InChI is InChI=1S/C19H24N2O3S2/c1-4-21(5-2)26(23,24)18-11-7-16(8-12-18)9-13-19(22)20-14-17-10-6-15(3)25-17/h6-13H,4-5,14H2,1-3H3,(H,20,22). The minimum absolute atomic E-state index is 0.184. The number of aryl methyl sites for hydroxylation is 1. The first-order valence-electron chi connectivity index (χ1n) is 8.48. The van der Waals surface area contributed by atoms with Crippen LogP contribution in [0.3, 0.4) is 0 Å². The molecule has 0 atom stereocenters. The first-order valence-corrected chi connectivity index (χ1v) is 10.7. The van der Waals surface area contributed by atoms with Gasteiger partial charge in [-0.25, -0.2) is 8.42 Å². The molecule has 7 heteroatoms. The summed E-state index contributed by atoms with van der Waals surface area (Å²) in [6.07, 6.45) is 3.12. The number of carbonyl (C=O) groups excluding carboxylic acids is 1. The van der Waals surface area contributed by atoms with Gasteiger partial charge in [-0.1, -0.05) is 26.0 Å². The van der Waals surface area contributed by atoms with Gasteiger partial charge < -0.3 is 5.32 Å². The van der Waals surface area contributed by atoms with Crippen molar-refractivity contribution in [2.45, 2.75) is 32.2 Å². The molecule has 0 aliphatic carbocycles. The van der Waals surface area contributed by atoms with Gasteiger partial charge in [0.15, 0.2) is 0 Å². The molecular formula is C19H24N2O3S2. The van der Waals surface area contributed by atoms with E-state index in [9.17, 15) is 13.2 Å². The number of hydrogen-bond acceptors (Lipinski definition) is 4. The summed E-state index contributed by atoms with van der Waals surface area (Å²) in [6.45, 7) is 7.03. The number of nitrogens with zero attached hydrogens (tertiary/aromatic N) is 1. The van der Waals surface area contributed by atoms with Gasteiger partial charge in [-0.2, -0.15) is 4.31 Å². The Bertz CT molecular complexity index is 864. The summed E-state index contributed by atoms with van der Waals surface area (Å²) in [6, 6.07) is 10.6. The third kappa shape index (κ3) is 5.27. The molecule has 0 radical (unpaired) electrons. The predicted octanol–water partition coefficient (Wildman–Crippen LogP) is 3.42. The molecule has 1 amide bonds. The Kier molecular flexibility index (Phi) is 7.14. The lowest BCUT2D eigenvalue weighted by Crippen LogP contribution is -2.30. The van der Waals surface area contributed by atoms with Crippen LogP contribution >= 0.6 is 11.3 Å². The molecule has 0 unspecified atom stereocenters. The van der Waals surface area contributed by atoms with Crippen molar-refractivity contribution in [3.05, 3.63) is 57.8 Å². The molecule has 1 heterocycles. The Morgan fingerprint density at radius 1 is 1.12 bits per heavy atom. The summed E-state index contributed by atoms with van der Waals surface area (Å²) in [5, 5.41) is 2.83. The van der Waals surface area contributed by atoms with Gasteiger partial charge in [0.25, 0.3) is 0 Å². The second kappa shape index (κ2) is 9.12. The first-order chi connectivity index (χ1) is 12.4. The number of amides is 1. The highest BCUT2D eigenvalue weighted by molar-refractivity contribution is 7.89. The molecule has 2 rings (SSSR count). The molecule has 0 aliphatic heterocycles. The van der Waals surface area contributed by atoms with Crippen LogP contribution in [-0.4, -0.2) is 31.7 Å². The van der Waals surface area contributed by atoms with Crippen molar-refractivity contribution in [3.63, 3.8) is 0 Å². The van der Waals surface area contributed by atoms with E-state index in [1.54, 1.807) is 41.7 Å². The van der Waals surface area contributed by atoms with Gasteiger partial charge in [0, 0.05) is 28.9 Å². The van der Waals surface area contributed by atoms with Crippen LogP contribution in [0.25, 0.3) is 6.08 Å². The molecule has 140 valence electrons. The summed E-state index contributed by atoms with van der Waals surface area (Å²) < 4.78 is 26.3. The Morgan fingerprint density at radius 3 is 2.31 bits per heavy atom. The number of benzene rings is 1. The molecular weight excluding hydrogens is 368 g/mol. The quantitative estimate of drug-likeness (QED) is 0.700. The molecule has 0 spiro atoms. The van der Waals surface area contributed by atoms with E-state index in [4.69, 9.17) is 0 Å². The number of hydrogen-bond donors (Lipinski definition) is 1. The molecule has 0 saturated carbocycles. The lowest BCUT2D eigenvalue weighted by Gasteiger charge is -2.18. The molecule has 0 bridgehead atoms. The van der Waals surface area contributed by atoms with Crippen LogP contribution in [0.4, 0.5) is 0 Å². The van der Waals surface area contributed by atoms with Crippen molar-refractivity contribution in [1.29, 1.82) is 0 Å². The van der Waals surface area contributed by atoms with Gasteiger partial charge in [-0.05, 0) is 42.8 Å². The van der Waals surface area contributed by atoms with Gasteiger partial charge in [-0.3, -0.25) is 4.79 Å². The summed E-state index contributed by atoms with van der Waals surface area (Å²) in [5.74, 6) is -0.184. The highest BCUT2D eigenvalue weighted by Gasteiger charge is 2.20. The SMILES string of the molecule is CCN(CC)S(=O)(=O)c1ccc(C=CC(=O)NCc2ccc(C)s2)cc1. The third-order valence-corrected chi connectivity index (χ3v) is 6.95. The predicted molar refractivity (Wildman–Crippen MR) is 106 cm³/mol. The molecule has 1 N–H and O–H groups in total. The highest BCUT2D eigenvalue weighted by atomic mass is 32.2. The zero-order valence-electron chi connectivity index (χ0n) is 15.2. The smallest absolute Gasteiger partial charge is 0.244 e. The Labute approximate surface area is 159 Å². The number of rotatable bonds is 8. The second-order valence-corrected chi connectivity index (χ2v) is 9.03. The van der Waals surface area contributed by atoms with Crippen molar-refractivity contribution < 1.29 is 13.2 Å². The third-order valence-electron chi connectivity index (χ3n) is 3.88. The highest BCUT2D eigenvalue weighted by Crippen LogP contribution is 2.17. The maximum atomic E-state index is 12.4. The fourth-order valence-electron chi connectivity index (χ4n) is 2.45. The number of thiophene rings is 1. The molecule has 0 saturated heterocycles. The summed E-state index contributed by atoms with van der Waals surface area (Å²) in [5.41, 5.74) is 0.769. The first kappa shape index (κ1) is 20.4. The number of sulfonamides is 1. The lowest BCUT2D eigenvalue weighted by molar-refractivity contribution is -0.116. The van der Waals surface area contributed by atoms with E-state index in [1.807, 2.05) is 32.9 Å². The molecule has 0 aliphatic rings. The van der Waals surface area contributed by atoms with Crippen molar-refractivity contribution in [2.24, 2.45) is 0 Å².